The number of hydrogen-bond donors (Lipinski definition) is 0. The molecule has 0 aromatic heterocycles. The SMILES string of the molecule is [2H]C([2H])([2H])C(C([2H])([2H])[2H])[C@](C#N)(CCCN(C)CCc1ccc(OC)c(OC)c1)c1ccc(OC)c(OC)c1. The van der Waals surface area contributed by atoms with Gasteiger partial charge >= 0.3 is 0 Å². The van der Waals surface area contributed by atoms with Crippen LogP contribution in [0.5, 0.6) is 23.0 Å². The van der Waals surface area contributed by atoms with Gasteiger partial charge in [-0.05, 0) is 74.2 Å². The van der Waals surface area contributed by atoms with Crippen LogP contribution in [-0.2, 0) is 11.8 Å². The number of rotatable bonds is 13. The van der Waals surface area contributed by atoms with E-state index < -0.39 is 25.0 Å². The molecule has 6 heteroatoms. The van der Waals surface area contributed by atoms with Crippen molar-refractivity contribution in [1.82, 2.24) is 4.90 Å². The molecule has 2 aromatic rings. The number of methoxy groups -OCH3 is 4. The maximum Gasteiger partial charge on any atom is 0.161 e. The minimum atomic E-state index is -2.91. The molecule has 0 aliphatic carbocycles. The molecule has 0 fully saturated rings. The molecule has 0 saturated carbocycles. The van der Waals surface area contributed by atoms with E-state index in [0.29, 0.717) is 36.8 Å². The van der Waals surface area contributed by atoms with Crippen molar-refractivity contribution in [1.29, 1.82) is 5.26 Å². The number of ether oxygens (including phenoxy) is 4. The molecular formula is C27H38N2O4. The summed E-state index contributed by atoms with van der Waals surface area (Å²) in [5, 5.41) is 10.5. The molecule has 0 N–H and O–H groups in total. The number of nitriles is 1. The van der Waals surface area contributed by atoms with Crippen molar-refractivity contribution in [2.75, 3.05) is 48.6 Å². The summed E-state index contributed by atoms with van der Waals surface area (Å²) in [6, 6.07) is 12.5. The zero-order chi connectivity index (χ0) is 29.4. The van der Waals surface area contributed by atoms with Crippen molar-refractivity contribution in [2.45, 2.75) is 38.4 Å². The predicted octanol–water partition coefficient (Wildman–Crippen LogP) is 5.09. The van der Waals surface area contributed by atoms with E-state index in [1.54, 1.807) is 26.4 Å². The Labute approximate surface area is 207 Å². The van der Waals surface area contributed by atoms with Gasteiger partial charge in [0.2, 0.25) is 0 Å². The Balaban J connectivity index is 2.31. The zero-order valence-corrected chi connectivity index (χ0v) is 20.1. The van der Waals surface area contributed by atoms with Crippen molar-refractivity contribution >= 4 is 0 Å². The van der Waals surface area contributed by atoms with Gasteiger partial charge in [-0.3, -0.25) is 0 Å². The van der Waals surface area contributed by atoms with Crippen LogP contribution in [0, 0.1) is 17.2 Å². The molecule has 33 heavy (non-hydrogen) atoms. The van der Waals surface area contributed by atoms with Crippen molar-refractivity contribution in [3.8, 4) is 29.1 Å². The molecular weight excluding hydrogens is 416 g/mol. The van der Waals surface area contributed by atoms with E-state index in [4.69, 9.17) is 27.2 Å². The highest BCUT2D eigenvalue weighted by atomic mass is 16.5. The highest BCUT2D eigenvalue weighted by Gasteiger charge is 2.36. The molecule has 1 atom stereocenters. The first-order valence-corrected chi connectivity index (χ1v) is 10.8. The molecule has 0 saturated heterocycles. The summed E-state index contributed by atoms with van der Waals surface area (Å²) in [5.41, 5.74) is -0.491. The molecule has 0 bridgehead atoms. The minimum Gasteiger partial charge on any atom is -0.493 e. The number of hydrogen-bond acceptors (Lipinski definition) is 6. The van der Waals surface area contributed by atoms with Crippen LogP contribution in [0.25, 0.3) is 0 Å². The van der Waals surface area contributed by atoms with Gasteiger partial charge in [0.25, 0.3) is 0 Å². The maximum atomic E-state index is 10.5. The average molecular weight is 461 g/mol. The Morgan fingerprint density at radius 2 is 1.52 bits per heavy atom. The van der Waals surface area contributed by atoms with Crippen molar-refractivity contribution < 1.29 is 27.2 Å². The van der Waals surface area contributed by atoms with E-state index in [9.17, 15) is 5.26 Å². The molecule has 180 valence electrons. The Kier molecular flexibility index (Phi) is 6.93. The summed E-state index contributed by atoms with van der Waals surface area (Å²) in [5.74, 6) is 0.0684. The van der Waals surface area contributed by atoms with Gasteiger partial charge < -0.3 is 23.8 Å². The Morgan fingerprint density at radius 1 is 0.909 bits per heavy atom. The predicted molar refractivity (Wildman–Crippen MR) is 132 cm³/mol. The van der Waals surface area contributed by atoms with Gasteiger partial charge in [0, 0.05) is 14.8 Å². The van der Waals surface area contributed by atoms with E-state index in [2.05, 4.69) is 11.0 Å². The van der Waals surface area contributed by atoms with Crippen molar-refractivity contribution in [3.05, 3.63) is 47.5 Å². The first-order valence-electron chi connectivity index (χ1n) is 13.8. The van der Waals surface area contributed by atoms with Crippen LogP contribution in [0.2, 0.25) is 0 Å². The second kappa shape index (κ2) is 12.4. The third kappa shape index (κ3) is 6.33. The topological polar surface area (TPSA) is 64.0 Å². The van der Waals surface area contributed by atoms with Gasteiger partial charge in [0.1, 0.15) is 0 Å². The third-order valence-electron chi connectivity index (χ3n) is 5.93. The summed E-state index contributed by atoms with van der Waals surface area (Å²) in [7, 11) is 7.97. The Hall–Kier alpha value is -2.91. The van der Waals surface area contributed by atoms with E-state index >= 15 is 0 Å². The summed E-state index contributed by atoms with van der Waals surface area (Å²) >= 11 is 0. The summed E-state index contributed by atoms with van der Waals surface area (Å²) in [6.07, 6.45) is 1.15. The van der Waals surface area contributed by atoms with Crippen LogP contribution in [0.4, 0.5) is 0 Å². The Morgan fingerprint density at radius 3 is 2.09 bits per heavy atom. The first-order chi connectivity index (χ1) is 18.3. The number of benzene rings is 2. The molecule has 6 nitrogen and oxygen atoms in total. The van der Waals surface area contributed by atoms with Crippen molar-refractivity contribution in [3.63, 3.8) is 0 Å². The van der Waals surface area contributed by atoms with Crippen LogP contribution in [0.3, 0.4) is 0 Å². The van der Waals surface area contributed by atoms with Gasteiger partial charge in [-0.15, -0.1) is 0 Å². The second-order valence-corrected chi connectivity index (χ2v) is 7.93. The van der Waals surface area contributed by atoms with Crippen LogP contribution >= 0.6 is 0 Å². The minimum absolute atomic E-state index is 0.0289. The fourth-order valence-corrected chi connectivity index (χ4v) is 3.85. The lowest BCUT2D eigenvalue weighted by Crippen LogP contribution is -2.32. The smallest absolute Gasteiger partial charge is 0.161 e. The lowest BCUT2D eigenvalue weighted by Gasteiger charge is -2.32. The van der Waals surface area contributed by atoms with Crippen LogP contribution < -0.4 is 18.9 Å². The van der Waals surface area contributed by atoms with Crippen LogP contribution in [0.15, 0.2) is 36.4 Å². The standard InChI is InChI=1S/C27H38N2O4/c1-20(2)27(19-28,22-10-12-24(31-5)26(18-22)33-7)14-8-15-29(3)16-13-21-9-11-23(30-4)25(17-21)32-6/h9-12,17-18,20H,8,13-16H2,1-7H3/t27-/m1/s1/i1D3,2D3. The molecule has 0 unspecified atom stereocenters. The summed E-state index contributed by atoms with van der Waals surface area (Å²) in [4.78, 5) is 2.06. The van der Waals surface area contributed by atoms with Gasteiger partial charge in [-0.25, -0.2) is 0 Å². The van der Waals surface area contributed by atoms with Gasteiger partial charge in [-0.2, -0.15) is 5.26 Å². The van der Waals surface area contributed by atoms with Gasteiger partial charge in [0.05, 0.1) is 39.9 Å². The number of likely N-dealkylation sites (N-methyl/N-ethyl adjacent to an activating group) is 1. The molecule has 0 radical (unpaired) electrons. The summed E-state index contributed by atoms with van der Waals surface area (Å²) < 4.78 is 70.0. The molecule has 0 spiro atoms. The van der Waals surface area contributed by atoms with Crippen LogP contribution in [0.1, 0.15) is 45.9 Å². The lowest BCUT2D eigenvalue weighted by atomic mass is 9.69. The fraction of sp³-hybridized carbons (Fsp3) is 0.519. The number of nitrogens with zero attached hydrogens (tertiary/aromatic N) is 2. The fourth-order valence-electron chi connectivity index (χ4n) is 3.85. The van der Waals surface area contributed by atoms with Crippen LogP contribution in [-0.4, -0.2) is 53.5 Å². The molecule has 0 amide bonds. The van der Waals surface area contributed by atoms with Gasteiger partial charge in [-0.1, -0.05) is 25.8 Å². The molecule has 0 aliphatic rings. The monoisotopic (exact) mass is 460 g/mol. The normalized spacial score (nSPS) is 16.3. The van der Waals surface area contributed by atoms with E-state index in [1.165, 1.54) is 20.3 Å². The van der Waals surface area contributed by atoms with E-state index in [-0.39, 0.29) is 17.7 Å². The molecule has 0 aliphatic heterocycles. The highest BCUT2D eigenvalue weighted by molar-refractivity contribution is 5.47. The summed E-state index contributed by atoms with van der Waals surface area (Å²) in [6.45, 7) is -4.60. The highest BCUT2D eigenvalue weighted by Crippen LogP contribution is 2.40. The van der Waals surface area contributed by atoms with E-state index in [0.717, 1.165) is 12.0 Å². The van der Waals surface area contributed by atoms with Crippen molar-refractivity contribution in [2.24, 2.45) is 5.92 Å². The maximum absolute atomic E-state index is 10.5. The molecule has 2 aromatic carbocycles. The van der Waals surface area contributed by atoms with Gasteiger partial charge in [0.15, 0.2) is 23.0 Å². The first kappa shape index (κ1) is 18.5. The largest absolute Gasteiger partial charge is 0.493 e. The second-order valence-electron chi connectivity index (χ2n) is 7.93. The molecule has 0 heterocycles. The molecule has 2 rings (SSSR count). The lowest BCUT2D eigenvalue weighted by molar-refractivity contribution is 0.292. The third-order valence-corrected chi connectivity index (χ3v) is 5.93. The van der Waals surface area contributed by atoms with E-state index in [1.807, 2.05) is 25.2 Å². The zero-order valence-electron chi connectivity index (χ0n) is 26.1. The Bertz CT molecular complexity index is 1120. The average Bonchev–Trinajstić information content (AvgIpc) is 2.88. The quantitative estimate of drug-likeness (QED) is 0.415.